The fourth-order valence-corrected chi connectivity index (χ4v) is 2.39. The monoisotopic (exact) mass is 250 g/mol. The minimum Gasteiger partial charge on any atom is -0.285 e. The lowest BCUT2D eigenvalue weighted by atomic mass is 10.2. The van der Waals surface area contributed by atoms with Crippen molar-refractivity contribution in [3.63, 3.8) is 0 Å². The Hall–Kier alpha value is -1.69. The van der Waals surface area contributed by atoms with Crippen LogP contribution in [-0.2, 0) is 4.79 Å². The Morgan fingerprint density at radius 2 is 2.12 bits per heavy atom. The number of non-ortho nitro benzene ring substituents is 1. The zero-order valence-electron chi connectivity index (χ0n) is 8.91. The molecule has 1 unspecified atom stereocenters. The van der Waals surface area contributed by atoms with Crippen molar-refractivity contribution in [2.24, 2.45) is 4.99 Å². The van der Waals surface area contributed by atoms with Crippen LogP contribution in [0.1, 0.15) is 12.0 Å². The molecule has 0 radical (unpaired) electrons. The van der Waals surface area contributed by atoms with Gasteiger partial charge in [0.05, 0.1) is 4.92 Å². The molecule has 0 aliphatic carbocycles. The molecule has 6 heteroatoms. The molecular weight excluding hydrogens is 240 g/mol. The first-order valence-corrected chi connectivity index (χ1v) is 6.09. The molecule has 0 spiro atoms. The average molecular weight is 250 g/mol. The fraction of sp³-hybridized carbons (Fsp3) is 0.273. The normalized spacial score (nSPS) is 20.0. The van der Waals surface area contributed by atoms with Crippen LogP contribution in [0.4, 0.5) is 5.69 Å². The summed E-state index contributed by atoms with van der Waals surface area (Å²) in [6, 6.07) is 5.83. The van der Waals surface area contributed by atoms with Crippen LogP contribution in [-0.4, -0.2) is 28.0 Å². The summed E-state index contributed by atoms with van der Waals surface area (Å²) in [5.74, 6) is 0.821. The highest BCUT2D eigenvalue weighted by Gasteiger charge is 2.23. The van der Waals surface area contributed by atoms with E-state index in [9.17, 15) is 14.9 Å². The van der Waals surface area contributed by atoms with Gasteiger partial charge >= 0.3 is 0 Å². The van der Waals surface area contributed by atoms with E-state index in [4.69, 9.17) is 0 Å². The molecule has 0 N–H and O–H groups in total. The summed E-state index contributed by atoms with van der Waals surface area (Å²) < 4.78 is 0. The lowest BCUT2D eigenvalue weighted by Crippen LogP contribution is -2.08. The van der Waals surface area contributed by atoms with Crippen molar-refractivity contribution < 1.29 is 9.72 Å². The molecule has 5 nitrogen and oxygen atoms in total. The van der Waals surface area contributed by atoms with Crippen molar-refractivity contribution in [2.75, 3.05) is 5.75 Å². The molecule has 1 aromatic rings. The Balaban J connectivity index is 2.06. The van der Waals surface area contributed by atoms with Gasteiger partial charge in [-0.3, -0.25) is 19.9 Å². The molecular formula is C11H10N2O3S. The summed E-state index contributed by atoms with van der Waals surface area (Å²) in [5.41, 5.74) is 0.815. The molecule has 1 saturated heterocycles. The fourth-order valence-electron chi connectivity index (χ4n) is 1.48. The largest absolute Gasteiger partial charge is 0.285 e. The number of nitrogens with zero attached hydrogens (tertiary/aromatic N) is 2. The predicted molar refractivity (Wildman–Crippen MR) is 66.6 cm³/mol. The van der Waals surface area contributed by atoms with E-state index in [1.807, 2.05) is 0 Å². The third-order valence-electron chi connectivity index (χ3n) is 2.42. The number of hydrogen-bond acceptors (Lipinski definition) is 5. The molecule has 0 aromatic heterocycles. The summed E-state index contributed by atoms with van der Waals surface area (Å²) in [6.45, 7) is 0. The van der Waals surface area contributed by atoms with Crippen molar-refractivity contribution in [1.29, 1.82) is 0 Å². The highest BCUT2D eigenvalue weighted by molar-refractivity contribution is 8.14. The Morgan fingerprint density at radius 1 is 1.41 bits per heavy atom. The first-order chi connectivity index (χ1) is 8.16. The number of carbonyl (C=O) groups excluding carboxylic acids is 1. The molecule has 17 heavy (non-hydrogen) atoms. The second kappa shape index (κ2) is 5.09. The van der Waals surface area contributed by atoms with Gasteiger partial charge < -0.3 is 0 Å². The van der Waals surface area contributed by atoms with E-state index in [-0.39, 0.29) is 16.8 Å². The van der Waals surface area contributed by atoms with E-state index >= 15 is 0 Å². The van der Waals surface area contributed by atoms with Gasteiger partial charge in [0.25, 0.3) is 5.69 Å². The molecule has 1 aliphatic heterocycles. The van der Waals surface area contributed by atoms with Crippen LogP contribution in [0, 0.1) is 10.1 Å². The molecule has 1 aromatic carbocycles. The van der Waals surface area contributed by atoms with Crippen molar-refractivity contribution in [2.45, 2.75) is 12.5 Å². The Kier molecular flexibility index (Phi) is 3.53. The second-order valence-electron chi connectivity index (χ2n) is 3.60. The molecule has 0 amide bonds. The maximum absolute atomic E-state index is 11.3. The Morgan fingerprint density at radius 3 is 2.65 bits per heavy atom. The van der Waals surface area contributed by atoms with Crippen molar-refractivity contribution in [1.82, 2.24) is 0 Å². The lowest BCUT2D eigenvalue weighted by molar-refractivity contribution is -0.384. The molecule has 1 heterocycles. The quantitative estimate of drug-likeness (QED) is 0.467. The number of nitro groups is 1. The topological polar surface area (TPSA) is 72.6 Å². The van der Waals surface area contributed by atoms with Crippen LogP contribution in [0.5, 0.6) is 0 Å². The highest BCUT2D eigenvalue weighted by atomic mass is 32.2. The third kappa shape index (κ3) is 2.91. The van der Waals surface area contributed by atoms with Gasteiger partial charge in [0.15, 0.2) is 0 Å². The van der Waals surface area contributed by atoms with E-state index in [1.54, 1.807) is 18.3 Å². The van der Waals surface area contributed by atoms with E-state index in [0.29, 0.717) is 0 Å². The summed E-state index contributed by atoms with van der Waals surface area (Å²) in [7, 11) is 0. The maximum atomic E-state index is 11.3. The number of carbonyl (C=O) groups is 1. The average Bonchev–Trinajstić information content (AvgIpc) is 2.73. The van der Waals surface area contributed by atoms with Crippen LogP contribution in [0.2, 0.25) is 0 Å². The summed E-state index contributed by atoms with van der Waals surface area (Å²) >= 11 is 1.30. The molecule has 0 saturated carbocycles. The van der Waals surface area contributed by atoms with Gasteiger partial charge in [-0.1, -0.05) is 11.8 Å². The van der Waals surface area contributed by atoms with Crippen LogP contribution in [0.15, 0.2) is 29.3 Å². The van der Waals surface area contributed by atoms with Crippen LogP contribution in [0.25, 0.3) is 0 Å². The Labute approximate surface area is 102 Å². The lowest BCUT2D eigenvalue weighted by Gasteiger charge is -1.98. The van der Waals surface area contributed by atoms with Gasteiger partial charge in [0, 0.05) is 24.1 Å². The van der Waals surface area contributed by atoms with Gasteiger partial charge in [0.2, 0.25) is 5.12 Å². The summed E-state index contributed by atoms with van der Waals surface area (Å²) in [6.07, 6.45) is 2.37. The first-order valence-electron chi connectivity index (χ1n) is 5.11. The van der Waals surface area contributed by atoms with Crippen LogP contribution < -0.4 is 0 Å². The number of aliphatic imine (C=N–C) groups is 1. The molecule has 88 valence electrons. The molecule has 1 atom stereocenters. The van der Waals surface area contributed by atoms with Gasteiger partial charge in [-0.25, -0.2) is 0 Å². The number of hydrogen-bond donors (Lipinski definition) is 0. The van der Waals surface area contributed by atoms with Crippen LogP contribution >= 0.6 is 11.8 Å². The second-order valence-corrected chi connectivity index (χ2v) is 4.70. The van der Waals surface area contributed by atoms with Crippen LogP contribution in [0.3, 0.4) is 0 Å². The summed E-state index contributed by atoms with van der Waals surface area (Å²) in [5, 5.41) is 10.5. The van der Waals surface area contributed by atoms with Gasteiger partial charge in [0.1, 0.15) is 6.04 Å². The van der Waals surface area contributed by atoms with Crippen molar-refractivity contribution in [3.05, 3.63) is 39.9 Å². The smallest absolute Gasteiger partial charge is 0.269 e. The predicted octanol–water partition coefficient (Wildman–Crippen LogP) is 2.05. The molecule has 0 bridgehead atoms. The number of thioether (sulfide) groups is 1. The highest BCUT2D eigenvalue weighted by Crippen LogP contribution is 2.22. The van der Waals surface area contributed by atoms with E-state index in [1.165, 1.54) is 23.9 Å². The standard InChI is InChI=1S/C11H10N2O3S/c14-11-10(5-6-17-11)12-7-8-1-3-9(4-2-8)13(15)16/h1-4,7,10H,5-6H2. The number of rotatable bonds is 3. The SMILES string of the molecule is O=C1SCCC1N=Cc1ccc([N+](=O)[O-])cc1. The van der Waals surface area contributed by atoms with Crippen molar-refractivity contribution in [3.8, 4) is 0 Å². The molecule has 1 fully saturated rings. The number of nitro benzene ring substituents is 1. The number of benzene rings is 1. The first kappa shape index (κ1) is 11.8. The zero-order valence-corrected chi connectivity index (χ0v) is 9.72. The maximum Gasteiger partial charge on any atom is 0.269 e. The van der Waals surface area contributed by atoms with Gasteiger partial charge in [-0.2, -0.15) is 0 Å². The summed E-state index contributed by atoms with van der Waals surface area (Å²) in [4.78, 5) is 25.5. The molecule has 2 rings (SSSR count). The minimum atomic E-state index is -0.446. The van der Waals surface area contributed by atoms with Crippen molar-refractivity contribution >= 4 is 28.8 Å². The van der Waals surface area contributed by atoms with Gasteiger partial charge in [-0.05, 0) is 24.1 Å². The van der Waals surface area contributed by atoms with E-state index < -0.39 is 4.92 Å². The third-order valence-corrected chi connectivity index (χ3v) is 3.41. The minimum absolute atomic E-state index is 0.0506. The molecule has 1 aliphatic rings. The Bertz CT molecular complexity index is 470. The van der Waals surface area contributed by atoms with Gasteiger partial charge in [-0.15, -0.1) is 0 Å². The van der Waals surface area contributed by atoms with E-state index in [0.717, 1.165) is 17.7 Å². The zero-order chi connectivity index (χ0) is 12.3. The van der Waals surface area contributed by atoms with E-state index in [2.05, 4.69) is 4.99 Å².